The quantitative estimate of drug-likeness (QED) is 0.707. The summed E-state index contributed by atoms with van der Waals surface area (Å²) in [6, 6.07) is 5.65. The largest absolute Gasteiger partial charge is 0.493 e. The predicted molar refractivity (Wildman–Crippen MR) is 102 cm³/mol. The molecule has 0 aliphatic carbocycles. The summed E-state index contributed by atoms with van der Waals surface area (Å²) in [5, 5.41) is 9.30. The Hall–Kier alpha value is -3.22. The summed E-state index contributed by atoms with van der Waals surface area (Å²) in [6.45, 7) is 4.62. The Morgan fingerprint density at radius 2 is 1.78 bits per heavy atom. The fraction of sp³-hybridized carbons (Fsp3) is 0.300. The molecule has 0 atom stereocenters. The Morgan fingerprint density at radius 3 is 2.48 bits per heavy atom. The zero-order valence-electron chi connectivity index (χ0n) is 15.7. The third kappa shape index (κ3) is 3.05. The number of hydrogen-bond acceptors (Lipinski definition) is 7. The Kier molecular flexibility index (Phi) is 4.14. The van der Waals surface area contributed by atoms with Gasteiger partial charge in [-0.15, -0.1) is 0 Å². The molecule has 7 nitrogen and oxygen atoms in total. The second-order valence-corrected chi connectivity index (χ2v) is 6.92. The van der Waals surface area contributed by atoms with Crippen LogP contribution in [0.4, 0.5) is 0 Å². The van der Waals surface area contributed by atoms with E-state index in [4.69, 9.17) is 19.2 Å². The Bertz CT molecular complexity index is 1050. The van der Waals surface area contributed by atoms with Crippen molar-refractivity contribution < 1.29 is 14.2 Å². The molecule has 138 valence electrons. The van der Waals surface area contributed by atoms with Crippen molar-refractivity contribution in [1.29, 1.82) is 0 Å². The highest BCUT2D eigenvalue weighted by Crippen LogP contribution is 2.37. The van der Waals surface area contributed by atoms with Crippen LogP contribution in [0.5, 0.6) is 11.5 Å². The van der Waals surface area contributed by atoms with Gasteiger partial charge in [-0.25, -0.2) is 4.99 Å². The van der Waals surface area contributed by atoms with Crippen molar-refractivity contribution in [1.82, 2.24) is 15.2 Å². The minimum atomic E-state index is -0.252. The van der Waals surface area contributed by atoms with Crippen LogP contribution in [0, 0.1) is 0 Å². The van der Waals surface area contributed by atoms with Gasteiger partial charge in [0.15, 0.2) is 11.5 Å². The maximum atomic E-state index is 5.84. The highest BCUT2D eigenvalue weighted by atomic mass is 16.5. The van der Waals surface area contributed by atoms with Gasteiger partial charge in [0.1, 0.15) is 6.61 Å². The van der Waals surface area contributed by atoms with Gasteiger partial charge in [-0.3, -0.25) is 4.98 Å². The lowest BCUT2D eigenvalue weighted by Gasteiger charge is -2.13. The molecular weight excluding hydrogens is 344 g/mol. The fourth-order valence-electron chi connectivity index (χ4n) is 3.12. The van der Waals surface area contributed by atoms with Crippen LogP contribution in [-0.2, 0) is 4.74 Å². The predicted octanol–water partition coefficient (Wildman–Crippen LogP) is 3.26. The van der Waals surface area contributed by atoms with Gasteiger partial charge in [0.25, 0.3) is 0 Å². The number of fused-ring (bicyclic) bond motifs is 1. The zero-order chi connectivity index (χ0) is 19.0. The number of rotatable bonds is 4. The van der Waals surface area contributed by atoms with Crippen LogP contribution in [0.15, 0.2) is 41.8 Å². The van der Waals surface area contributed by atoms with Gasteiger partial charge < -0.3 is 14.2 Å². The first-order chi connectivity index (χ1) is 13.0. The SMILES string of the molecule is COc1cc2nncc(-c3ccncc3C3=NC(C)(C)CO3)c2cc1OC. The van der Waals surface area contributed by atoms with Crippen molar-refractivity contribution in [3.63, 3.8) is 0 Å². The minimum absolute atomic E-state index is 0.252. The molecule has 1 aliphatic rings. The van der Waals surface area contributed by atoms with Crippen LogP contribution in [0.2, 0.25) is 0 Å². The number of methoxy groups -OCH3 is 2. The summed E-state index contributed by atoms with van der Waals surface area (Å²) in [4.78, 5) is 8.95. The lowest BCUT2D eigenvalue weighted by molar-refractivity contribution is 0.279. The van der Waals surface area contributed by atoms with Gasteiger partial charge in [-0.05, 0) is 31.5 Å². The summed E-state index contributed by atoms with van der Waals surface area (Å²) >= 11 is 0. The number of ether oxygens (including phenoxy) is 3. The average Bonchev–Trinajstić information content (AvgIpc) is 3.06. The summed E-state index contributed by atoms with van der Waals surface area (Å²) in [7, 11) is 3.21. The van der Waals surface area contributed by atoms with Crippen molar-refractivity contribution in [3.8, 4) is 22.6 Å². The van der Waals surface area contributed by atoms with Crippen LogP contribution in [0.1, 0.15) is 19.4 Å². The Balaban J connectivity index is 1.94. The van der Waals surface area contributed by atoms with Crippen LogP contribution in [0.25, 0.3) is 22.0 Å². The molecular formula is C20H20N4O3. The summed E-state index contributed by atoms with van der Waals surface area (Å²) in [5.41, 5.74) is 3.11. The van der Waals surface area contributed by atoms with Crippen LogP contribution < -0.4 is 9.47 Å². The summed E-state index contributed by atoms with van der Waals surface area (Å²) < 4.78 is 16.7. The third-order valence-electron chi connectivity index (χ3n) is 4.45. The maximum Gasteiger partial charge on any atom is 0.219 e. The molecule has 0 saturated heterocycles. The lowest BCUT2D eigenvalue weighted by atomic mass is 9.99. The standard InChI is InChI=1S/C20H20N4O3/c1-20(2)11-27-19(23-20)15-9-21-6-5-12(15)14-10-22-24-16-8-18(26-4)17(25-3)7-13(14)16/h5-10H,11H2,1-4H3. The zero-order valence-corrected chi connectivity index (χ0v) is 15.7. The van der Waals surface area contributed by atoms with E-state index in [1.54, 1.807) is 32.8 Å². The molecule has 0 fully saturated rings. The number of benzene rings is 1. The second-order valence-electron chi connectivity index (χ2n) is 6.92. The molecule has 1 aromatic carbocycles. The number of nitrogens with zero attached hydrogens (tertiary/aromatic N) is 4. The first kappa shape index (κ1) is 17.2. The van der Waals surface area contributed by atoms with Crippen LogP contribution >= 0.6 is 0 Å². The van der Waals surface area contributed by atoms with E-state index < -0.39 is 0 Å². The first-order valence-electron chi connectivity index (χ1n) is 8.57. The first-order valence-corrected chi connectivity index (χ1v) is 8.57. The van der Waals surface area contributed by atoms with E-state index >= 15 is 0 Å². The molecule has 7 heteroatoms. The minimum Gasteiger partial charge on any atom is -0.493 e. The molecule has 4 rings (SSSR count). The molecule has 0 N–H and O–H groups in total. The molecule has 0 spiro atoms. The van der Waals surface area contributed by atoms with Crippen molar-refractivity contribution in [2.45, 2.75) is 19.4 Å². The van der Waals surface area contributed by atoms with Gasteiger partial charge in [0.2, 0.25) is 5.90 Å². The summed E-state index contributed by atoms with van der Waals surface area (Å²) in [6.07, 6.45) is 5.24. The van der Waals surface area contributed by atoms with Crippen molar-refractivity contribution in [2.24, 2.45) is 4.99 Å². The molecule has 0 bridgehead atoms. The number of pyridine rings is 1. The van der Waals surface area contributed by atoms with E-state index in [0.29, 0.717) is 29.5 Å². The van der Waals surface area contributed by atoms with E-state index in [2.05, 4.69) is 15.2 Å². The maximum absolute atomic E-state index is 5.84. The highest BCUT2D eigenvalue weighted by Gasteiger charge is 2.29. The molecule has 1 aliphatic heterocycles. The van der Waals surface area contributed by atoms with E-state index in [1.165, 1.54) is 0 Å². The molecule has 27 heavy (non-hydrogen) atoms. The van der Waals surface area contributed by atoms with Crippen molar-refractivity contribution in [2.75, 3.05) is 20.8 Å². The second kappa shape index (κ2) is 6.50. The molecule has 2 aromatic heterocycles. The van der Waals surface area contributed by atoms with Crippen molar-refractivity contribution in [3.05, 3.63) is 42.4 Å². The van der Waals surface area contributed by atoms with E-state index in [-0.39, 0.29) is 5.54 Å². The molecule has 3 aromatic rings. The number of aromatic nitrogens is 3. The van der Waals surface area contributed by atoms with Gasteiger partial charge in [-0.1, -0.05) is 0 Å². The van der Waals surface area contributed by atoms with Crippen LogP contribution in [0.3, 0.4) is 0 Å². The smallest absolute Gasteiger partial charge is 0.219 e. The number of aliphatic imine (C=N–C) groups is 1. The van der Waals surface area contributed by atoms with Gasteiger partial charge in [0.05, 0.1) is 37.0 Å². The van der Waals surface area contributed by atoms with E-state index in [0.717, 1.165) is 22.1 Å². The van der Waals surface area contributed by atoms with Crippen molar-refractivity contribution >= 4 is 16.8 Å². The number of hydrogen-bond donors (Lipinski definition) is 0. The lowest BCUT2D eigenvalue weighted by Crippen LogP contribution is -2.17. The van der Waals surface area contributed by atoms with E-state index in [9.17, 15) is 0 Å². The summed E-state index contributed by atoms with van der Waals surface area (Å²) in [5.74, 6) is 1.83. The normalized spacial score (nSPS) is 15.3. The topological polar surface area (TPSA) is 78.7 Å². The Labute approximate surface area is 157 Å². The van der Waals surface area contributed by atoms with Crippen LogP contribution in [-0.4, -0.2) is 47.4 Å². The van der Waals surface area contributed by atoms with E-state index in [1.807, 2.05) is 32.0 Å². The van der Waals surface area contributed by atoms with Gasteiger partial charge >= 0.3 is 0 Å². The molecule has 0 radical (unpaired) electrons. The molecule has 0 unspecified atom stereocenters. The van der Waals surface area contributed by atoms with Gasteiger partial charge in [0, 0.05) is 29.4 Å². The van der Waals surface area contributed by atoms with Gasteiger partial charge in [-0.2, -0.15) is 10.2 Å². The highest BCUT2D eigenvalue weighted by molar-refractivity contribution is 6.05. The average molecular weight is 364 g/mol. The Morgan fingerprint density at radius 1 is 1.00 bits per heavy atom. The molecule has 0 saturated carbocycles. The monoisotopic (exact) mass is 364 g/mol. The third-order valence-corrected chi connectivity index (χ3v) is 4.45. The fourth-order valence-corrected chi connectivity index (χ4v) is 3.12. The molecule has 3 heterocycles. The molecule has 0 amide bonds.